The quantitative estimate of drug-likeness (QED) is 0.346. The van der Waals surface area contributed by atoms with E-state index < -0.39 is 0 Å². The number of pyridine rings is 1. The molecule has 0 bridgehead atoms. The third-order valence-electron chi connectivity index (χ3n) is 5.37. The van der Waals surface area contributed by atoms with Gasteiger partial charge in [0.15, 0.2) is 5.82 Å². The summed E-state index contributed by atoms with van der Waals surface area (Å²) in [6, 6.07) is 16.5. The molecule has 9 heteroatoms. The summed E-state index contributed by atoms with van der Waals surface area (Å²) in [5, 5.41) is 3.53. The minimum atomic E-state index is -0.222. The number of hydrogen-bond donors (Lipinski definition) is 2. The predicted molar refractivity (Wildman–Crippen MR) is 132 cm³/mol. The normalized spacial score (nSPS) is 11.1. The van der Waals surface area contributed by atoms with Gasteiger partial charge in [0.1, 0.15) is 11.5 Å². The van der Waals surface area contributed by atoms with Crippen molar-refractivity contribution < 1.29 is 9.53 Å². The topological polar surface area (TPSA) is 97.7 Å². The molecule has 0 unspecified atom stereocenters. The fourth-order valence-corrected chi connectivity index (χ4v) is 3.83. The van der Waals surface area contributed by atoms with E-state index in [1.54, 1.807) is 37.7 Å². The number of nitrogens with zero attached hydrogens (tertiary/aromatic N) is 4. The number of anilines is 1. The number of aromatic amines is 1. The molecule has 0 atom stereocenters. The number of benzene rings is 2. The maximum atomic E-state index is 12.8. The summed E-state index contributed by atoms with van der Waals surface area (Å²) < 4.78 is 7.34. The number of halogens is 1. The van der Waals surface area contributed by atoms with Crippen molar-refractivity contribution in [3.63, 3.8) is 0 Å². The summed E-state index contributed by atoms with van der Waals surface area (Å²) in [5.74, 6) is 1.18. The van der Waals surface area contributed by atoms with Crippen LogP contribution >= 0.6 is 11.6 Å². The van der Waals surface area contributed by atoms with Crippen LogP contribution in [-0.4, -0.2) is 44.1 Å². The number of methoxy groups -OCH3 is 1. The number of rotatable bonds is 7. The van der Waals surface area contributed by atoms with Crippen LogP contribution in [0.4, 0.5) is 5.69 Å². The lowest BCUT2D eigenvalue weighted by atomic mass is 10.2. The van der Waals surface area contributed by atoms with Crippen LogP contribution in [0.5, 0.6) is 0 Å². The molecule has 2 aromatic carbocycles. The Kier molecular flexibility index (Phi) is 6.07. The minimum absolute atomic E-state index is 0.222. The first-order valence-corrected chi connectivity index (χ1v) is 11.0. The fraction of sp³-hybridized carbons (Fsp3) is 0.120. The molecule has 170 valence electrons. The van der Waals surface area contributed by atoms with Crippen molar-refractivity contribution in [3.8, 4) is 22.9 Å². The number of fused-ring (bicyclic) bond motifs is 1. The molecule has 0 aliphatic heterocycles. The molecule has 5 rings (SSSR count). The van der Waals surface area contributed by atoms with Gasteiger partial charge in [0.05, 0.1) is 29.5 Å². The number of ether oxygens (including phenoxy) is 1. The van der Waals surface area contributed by atoms with E-state index in [0.717, 1.165) is 16.6 Å². The molecule has 34 heavy (non-hydrogen) atoms. The summed E-state index contributed by atoms with van der Waals surface area (Å²) in [4.78, 5) is 29.6. The van der Waals surface area contributed by atoms with Gasteiger partial charge in [-0.1, -0.05) is 11.6 Å². The van der Waals surface area contributed by atoms with Crippen molar-refractivity contribution in [2.45, 2.75) is 6.54 Å². The van der Waals surface area contributed by atoms with E-state index in [2.05, 4.69) is 15.3 Å². The molecule has 5 aromatic rings. The van der Waals surface area contributed by atoms with Crippen LogP contribution in [0.25, 0.3) is 33.9 Å². The number of nitrogens with one attached hydrogen (secondary N) is 2. The van der Waals surface area contributed by atoms with Gasteiger partial charge in [-0.05, 0) is 54.6 Å². The molecule has 0 aliphatic carbocycles. The zero-order valence-corrected chi connectivity index (χ0v) is 19.1. The van der Waals surface area contributed by atoms with Gasteiger partial charge in [0.25, 0.3) is 5.91 Å². The smallest absolute Gasteiger partial charge is 0.255 e. The van der Waals surface area contributed by atoms with E-state index in [4.69, 9.17) is 26.3 Å². The number of imidazole rings is 2. The van der Waals surface area contributed by atoms with Crippen LogP contribution in [0.1, 0.15) is 10.4 Å². The number of aromatic nitrogens is 5. The highest BCUT2D eigenvalue weighted by Gasteiger charge is 2.18. The first-order valence-electron chi connectivity index (χ1n) is 10.6. The molecule has 8 nitrogen and oxygen atoms in total. The molecule has 0 radical (unpaired) electrons. The SMILES string of the molecule is COCCn1c(-c2c[nH]c(-c3ccc(Cl)cc3)n2)nc2ccc(C(=O)Nc3cccnc3)cc21. The van der Waals surface area contributed by atoms with Gasteiger partial charge in [0.2, 0.25) is 0 Å². The van der Waals surface area contributed by atoms with Crippen molar-refractivity contribution in [2.75, 3.05) is 19.0 Å². The molecule has 1 amide bonds. The number of carbonyl (C=O) groups is 1. The molecule has 0 saturated carbocycles. The second-order valence-electron chi connectivity index (χ2n) is 7.62. The van der Waals surface area contributed by atoms with Crippen molar-refractivity contribution >= 4 is 34.2 Å². The second-order valence-corrected chi connectivity index (χ2v) is 8.06. The Bertz CT molecular complexity index is 1440. The highest BCUT2D eigenvalue weighted by Crippen LogP contribution is 2.27. The van der Waals surface area contributed by atoms with Crippen molar-refractivity contribution in [1.82, 2.24) is 24.5 Å². The summed E-state index contributed by atoms with van der Waals surface area (Å²) in [6.45, 7) is 1.04. The molecular formula is C25H21ClN6O2. The maximum absolute atomic E-state index is 12.8. The molecule has 0 saturated heterocycles. The van der Waals surface area contributed by atoms with Crippen LogP contribution in [0.15, 0.2) is 73.2 Å². The van der Waals surface area contributed by atoms with Crippen LogP contribution in [0.3, 0.4) is 0 Å². The Morgan fingerprint density at radius 3 is 2.76 bits per heavy atom. The zero-order valence-electron chi connectivity index (χ0n) is 18.3. The van der Waals surface area contributed by atoms with Gasteiger partial charge < -0.3 is 19.6 Å². The highest BCUT2D eigenvalue weighted by molar-refractivity contribution is 6.30. The molecular weight excluding hydrogens is 452 g/mol. The Hall–Kier alpha value is -4.01. The Labute approximate surface area is 200 Å². The molecule has 2 N–H and O–H groups in total. The second kappa shape index (κ2) is 9.46. The molecule has 0 fully saturated rings. The summed E-state index contributed by atoms with van der Waals surface area (Å²) >= 11 is 6.01. The molecule has 3 heterocycles. The van der Waals surface area contributed by atoms with Crippen molar-refractivity contribution in [2.24, 2.45) is 0 Å². The van der Waals surface area contributed by atoms with Crippen molar-refractivity contribution in [1.29, 1.82) is 0 Å². The zero-order chi connectivity index (χ0) is 23.5. The van der Waals surface area contributed by atoms with E-state index in [-0.39, 0.29) is 5.91 Å². The third-order valence-corrected chi connectivity index (χ3v) is 5.63. The van der Waals surface area contributed by atoms with Gasteiger partial charge in [-0.25, -0.2) is 9.97 Å². The number of amides is 1. The largest absolute Gasteiger partial charge is 0.383 e. The van der Waals surface area contributed by atoms with Crippen LogP contribution < -0.4 is 5.32 Å². The van der Waals surface area contributed by atoms with E-state index in [1.807, 2.05) is 47.2 Å². The maximum Gasteiger partial charge on any atom is 0.255 e. The van der Waals surface area contributed by atoms with Gasteiger partial charge in [-0.15, -0.1) is 0 Å². The predicted octanol–water partition coefficient (Wildman–Crippen LogP) is 5.04. The Balaban J connectivity index is 1.52. The molecule has 0 spiro atoms. The van der Waals surface area contributed by atoms with Gasteiger partial charge in [-0.2, -0.15) is 0 Å². The minimum Gasteiger partial charge on any atom is -0.383 e. The van der Waals surface area contributed by atoms with E-state index >= 15 is 0 Å². The van der Waals surface area contributed by atoms with Crippen LogP contribution in [0, 0.1) is 0 Å². The Morgan fingerprint density at radius 1 is 1.15 bits per heavy atom. The van der Waals surface area contributed by atoms with Crippen LogP contribution in [-0.2, 0) is 11.3 Å². The molecule has 3 aromatic heterocycles. The average Bonchev–Trinajstić information content (AvgIpc) is 3.48. The Morgan fingerprint density at radius 2 is 2.00 bits per heavy atom. The first-order chi connectivity index (χ1) is 16.6. The van der Waals surface area contributed by atoms with E-state index in [9.17, 15) is 4.79 Å². The monoisotopic (exact) mass is 472 g/mol. The lowest BCUT2D eigenvalue weighted by Gasteiger charge is -2.08. The fourth-order valence-electron chi connectivity index (χ4n) is 3.70. The van der Waals surface area contributed by atoms with Gasteiger partial charge in [-0.3, -0.25) is 9.78 Å². The van der Waals surface area contributed by atoms with E-state index in [1.165, 1.54) is 0 Å². The van der Waals surface area contributed by atoms with Gasteiger partial charge in [0, 0.05) is 42.2 Å². The summed E-state index contributed by atoms with van der Waals surface area (Å²) in [5.41, 5.74) is 4.35. The first kappa shape index (κ1) is 21.8. The highest BCUT2D eigenvalue weighted by atomic mass is 35.5. The van der Waals surface area contributed by atoms with Gasteiger partial charge >= 0.3 is 0 Å². The third kappa shape index (κ3) is 4.41. The standard InChI is InChI=1S/C25H21ClN6O2/c1-34-12-11-32-22-13-17(25(33)29-19-3-2-10-27-14-19)6-9-20(22)31-24(32)21-15-28-23(30-21)16-4-7-18(26)8-5-16/h2-10,13-15H,11-12H2,1H3,(H,28,30)(H,29,33). The summed E-state index contributed by atoms with van der Waals surface area (Å²) in [6.07, 6.45) is 5.09. The average molecular weight is 473 g/mol. The lowest BCUT2D eigenvalue weighted by molar-refractivity contribution is 0.102. The number of H-pyrrole nitrogens is 1. The molecule has 0 aliphatic rings. The number of hydrogen-bond acceptors (Lipinski definition) is 5. The van der Waals surface area contributed by atoms with Crippen LogP contribution in [0.2, 0.25) is 5.02 Å². The van der Waals surface area contributed by atoms with Crippen molar-refractivity contribution in [3.05, 3.63) is 83.8 Å². The lowest BCUT2D eigenvalue weighted by Crippen LogP contribution is -2.12. The number of carbonyl (C=O) groups excluding carboxylic acids is 1. The van der Waals surface area contributed by atoms with E-state index in [0.29, 0.717) is 46.8 Å². The summed E-state index contributed by atoms with van der Waals surface area (Å²) in [7, 11) is 1.65.